The Morgan fingerprint density at radius 3 is 2.84 bits per heavy atom. The molecule has 0 unspecified atom stereocenters. The van der Waals surface area contributed by atoms with Crippen molar-refractivity contribution in [2.24, 2.45) is 0 Å². The van der Waals surface area contributed by atoms with Crippen LogP contribution in [0.25, 0.3) is 10.9 Å². The highest BCUT2D eigenvalue weighted by atomic mass is 16.5. The van der Waals surface area contributed by atoms with Crippen molar-refractivity contribution in [1.82, 2.24) is 4.98 Å². The maximum atomic E-state index is 11.8. The molecular formula is C15H19NO3. The van der Waals surface area contributed by atoms with E-state index in [4.69, 9.17) is 9.84 Å². The van der Waals surface area contributed by atoms with Crippen LogP contribution in [0.15, 0.2) is 23.0 Å². The van der Waals surface area contributed by atoms with E-state index in [-0.39, 0.29) is 12.2 Å². The van der Waals surface area contributed by atoms with Gasteiger partial charge in [-0.2, -0.15) is 0 Å². The van der Waals surface area contributed by atoms with Crippen molar-refractivity contribution in [3.8, 4) is 5.75 Å². The monoisotopic (exact) mass is 261 g/mol. The van der Waals surface area contributed by atoms with E-state index in [1.807, 2.05) is 19.1 Å². The maximum absolute atomic E-state index is 11.8. The Balaban J connectivity index is 2.52. The third kappa shape index (κ3) is 2.79. The highest BCUT2D eigenvalue weighted by Crippen LogP contribution is 2.27. The summed E-state index contributed by atoms with van der Waals surface area (Å²) >= 11 is 0. The van der Waals surface area contributed by atoms with Gasteiger partial charge in [0.15, 0.2) is 0 Å². The molecule has 1 aromatic carbocycles. The first-order valence-electron chi connectivity index (χ1n) is 6.56. The smallest absolute Gasteiger partial charge is 0.254 e. The van der Waals surface area contributed by atoms with Crippen molar-refractivity contribution in [1.29, 1.82) is 0 Å². The van der Waals surface area contributed by atoms with Crippen LogP contribution < -0.4 is 10.3 Å². The summed E-state index contributed by atoms with van der Waals surface area (Å²) in [7, 11) is 0. The van der Waals surface area contributed by atoms with Crippen LogP contribution >= 0.6 is 0 Å². The number of aliphatic hydroxyl groups is 1. The second kappa shape index (κ2) is 5.89. The van der Waals surface area contributed by atoms with Gasteiger partial charge >= 0.3 is 0 Å². The van der Waals surface area contributed by atoms with Gasteiger partial charge in [-0.15, -0.1) is 0 Å². The standard InChI is InChI=1S/C15H19NO3/c1-3-4-7-19-14-10(2)5-6-11-8-12(9-17)15(18)16-13(11)14/h5-6,8,17H,3-4,7,9H2,1-2H3,(H,16,18). The van der Waals surface area contributed by atoms with Crippen LogP contribution in [-0.2, 0) is 6.61 Å². The predicted octanol–water partition coefficient (Wildman–Crippen LogP) is 2.51. The van der Waals surface area contributed by atoms with Crippen molar-refractivity contribution < 1.29 is 9.84 Å². The van der Waals surface area contributed by atoms with Crippen LogP contribution in [0.2, 0.25) is 0 Å². The summed E-state index contributed by atoms with van der Waals surface area (Å²) in [5.74, 6) is 0.729. The Labute approximate surface area is 112 Å². The maximum Gasteiger partial charge on any atom is 0.254 e. The van der Waals surface area contributed by atoms with Gasteiger partial charge in [0.1, 0.15) is 5.75 Å². The van der Waals surface area contributed by atoms with Crippen LogP contribution in [0.4, 0.5) is 0 Å². The van der Waals surface area contributed by atoms with E-state index in [2.05, 4.69) is 11.9 Å². The largest absolute Gasteiger partial charge is 0.491 e. The molecule has 0 saturated heterocycles. The number of nitrogens with one attached hydrogen (secondary N) is 1. The number of aromatic nitrogens is 1. The molecule has 4 heteroatoms. The van der Waals surface area contributed by atoms with Gasteiger partial charge in [-0.3, -0.25) is 4.79 Å². The predicted molar refractivity (Wildman–Crippen MR) is 75.6 cm³/mol. The molecule has 1 aromatic heterocycles. The summed E-state index contributed by atoms with van der Waals surface area (Å²) in [6, 6.07) is 5.59. The Morgan fingerprint density at radius 2 is 2.16 bits per heavy atom. The molecule has 0 fully saturated rings. The molecule has 0 bridgehead atoms. The van der Waals surface area contributed by atoms with E-state index in [1.54, 1.807) is 6.07 Å². The van der Waals surface area contributed by atoms with E-state index in [9.17, 15) is 4.79 Å². The molecule has 2 rings (SSSR count). The lowest BCUT2D eigenvalue weighted by molar-refractivity contribution is 0.280. The molecule has 2 N–H and O–H groups in total. The number of benzene rings is 1. The molecule has 0 amide bonds. The SMILES string of the molecule is CCCCOc1c(C)ccc2cc(CO)c(=O)[nH]c12. The Hall–Kier alpha value is -1.81. The quantitative estimate of drug-likeness (QED) is 0.813. The number of hydrogen-bond acceptors (Lipinski definition) is 3. The summed E-state index contributed by atoms with van der Waals surface area (Å²) in [5.41, 5.74) is 1.81. The number of H-pyrrole nitrogens is 1. The number of fused-ring (bicyclic) bond motifs is 1. The summed E-state index contributed by atoms with van der Waals surface area (Å²) in [6.45, 7) is 4.44. The van der Waals surface area contributed by atoms with Gasteiger partial charge in [-0.25, -0.2) is 0 Å². The fraction of sp³-hybridized carbons (Fsp3) is 0.400. The molecule has 0 aliphatic rings. The molecule has 19 heavy (non-hydrogen) atoms. The van der Waals surface area contributed by atoms with Crippen LogP contribution in [0.5, 0.6) is 5.75 Å². The molecule has 0 aliphatic heterocycles. The number of ether oxygens (including phenoxy) is 1. The molecule has 102 valence electrons. The van der Waals surface area contributed by atoms with Gasteiger partial charge in [0.05, 0.1) is 18.7 Å². The van der Waals surface area contributed by atoms with Gasteiger partial charge in [0.25, 0.3) is 5.56 Å². The van der Waals surface area contributed by atoms with E-state index in [0.717, 1.165) is 29.5 Å². The van der Waals surface area contributed by atoms with Crippen LogP contribution in [0.1, 0.15) is 30.9 Å². The van der Waals surface area contributed by atoms with Crippen molar-refractivity contribution in [2.75, 3.05) is 6.61 Å². The van der Waals surface area contributed by atoms with Crippen molar-refractivity contribution in [2.45, 2.75) is 33.3 Å². The zero-order valence-corrected chi connectivity index (χ0v) is 11.3. The van der Waals surface area contributed by atoms with E-state index < -0.39 is 0 Å². The van der Waals surface area contributed by atoms with Gasteiger partial charge in [-0.1, -0.05) is 25.5 Å². The van der Waals surface area contributed by atoms with E-state index >= 15 is 0 Å². The second-order valence-corrected chi connectivity index (χ2v) is 4.66. The zero-order valence-electron chi connectivity index (χ0n) is 11.3. The van der Waals surface area contributed by atoms with Crippen LogP contribution in [0, 0.1) is 6.92 Å². The fourth-order valence-corrected chi connectivity index (χ4v) is 2.02. The normalized spacial score (nSPS) is 10.9. The molecule has 2 aromatic rings. The summed E-state index contributed by atoms with van der Waals surface area (Å²) in [5, 5.41) is 10.00. The highest BCUT2D eigenvalue weighted by Gasteiger charge is 2.09. The topological polar surface area (TPSA) is 62.3 Å². The van der Waals surface area contributed by atoms with Gasteiger partial charge in [0, 0.05) is 10.9 Å². The number of hydrogen-bond donors (Lipinski definition) is 2. The molecule has 0 radical (unpaired) electrons. The third-order valence-corrected chi connectivity index (χ3v) is 3.16. The minimum atomic E-state index is -0.263. The van der Waals surface area contributed by atoms with Crippen molar-refractivity contribution in [3.63, 3.8) is 0 Å². The second-order valence-electron chi connectivity index (χ2n) is 4.66. The van der Waals surface area contributed by atoms with Crippen LogP contribution in [-0.4, -0.2) is 16.7 Å². The molecule has 0 spiro atoms. The average molecular weight is 261 g/mol. The van der Waals surface area contributed by atoms with E-state index in [1.165, 1.54) is 0 Å². The van der Waals surface area contributed by atoms with Crippen molar-refractivity contribution >= 4 is 10.9 Å². The van der Waals surface area contributed by atoms with Crippen molar-refractivity contribution in [3.05, 3.63) is 39.7 Å². The average Bonchev–Trinajstić information content (AvgIpc) is 2.41. The zero-order chi connectivity index (χ0) is 13.8. The molecule has 4 nitrogen and oxygen atoms in total. The first kappa shape index (κ1) is 13.6. The number of pyridine rings is 1. The molecule has 0 saturated carbocycles. The Bertz CT molecular complexity index is 631. The minimum Gasteiger partial charge on any atom is -0.491 e. The Kier molecular flexibility index (Phi) is 4.22. The van der Waals surface area contributed by atoms with Gasteiger partial charge in [-0.05, 0) is 25.0 Å². The van der Waals surface area contributed by atoms with Crippen LogP contribution in [0.3, 0.4) is 0 Å². The summed E-state index contributed by atoms with van der Waals surface area (Å²) in [4.78, 5) is 14.6. The number of unbranched alkanes of at least 4 members (excludes halogenated alkanes) is 1. The summed E-state index contributed by atoms with van der Waals surface area (Å²) < 4.78 is 5.79. The lowest BCUT2D eigenvalue weighted by Crippen LogP contribution is -2.13. The first-order valence-corrected chi connectivity index (χ1v) is 6.56. The highest BCUT2D eigenvalue weighted by molar-refractivity contribution is 5.86. The molecule has 0 aliphatic carbocycles. The lowest BCUT2D eigenvalue weighted by atomic mass is 10.1. The summed E-state index contributed by atoms with van der Waals surface area (Å²) in [6.07, 6.45) is 2.05. The number of aliphatic hydroxyl groups excluding tert-OH is 1. The van der Waals surface area contributed by atoms with Gasteiger partial charge in [0.2, 0.25) is 0 Å². The third-order valence-electron chi connectivity index (χ3n) is 3.16. The number of aromatic amines is 1. The molecule has 1 heterocycles. The van der Waals surface area contributed by atoms with E-state index in [0.29, 0.717) is 17.7 Å². The first-order chi connectivity index (χ1) is 9.17. The molecule has 0 atom stereocenters. The Morgan fingerprint density at radius 1 is 1.37 bits per heavy atom. The minimum absolute atomic E-state index is 0.259. The number of rotatable bonds is 5. The fourth-order valence-electron chi connectivity index (χ4n) is 2.02. The van der Waals surface area contributed by atoms with Gasteiger partial charge < -0.3 is 14.8 Å². The lowest BCUT2D eigenvalue weighted by Gasteiger charge is -2.12. The number of aryl methyl sites for hydroxylation is 1. The molecular weight excluding hydrogens is 242 g/mol.